The molecule has 0 unspecified atom stereocenters. The van der Waals surface area contributed by atoms with Gasteiger partial charge in [0, 0.05) is 30.9 Å². The van der Waals surface area contributed by atoms with Crippen LogP contribution in [0.25, 0.3) is 0 Å². The van der Waals surface area contributed by atoms with Crippen molar-refractivity contribution in [2.24, 2.45) is 0 Å². The summed E-state index contributed by atoms with van der Waals surface area (Å²) in [5.74, 6) is -0.436. The smallest absolute Gasteiger partial charge is 0.272 e. The molecule has 2 rings (SSSR count). The van der Waals surface area contributed by atoms with Gasteiger partial charge < -0.3 is 10.2 Å². The number of benzene rings is 1. The summed E-state index contributed by atoms with van der Waals surface area (Å²) in [6.45, 7) is 6.21. The van der Waals surface area contributed by atoms with Crippen molar-refractivity contribution < 1.29 is 9.59 Å². The first-order valence-corrected chi connectivity index (χ1v) is 7.84. The lowest BCUT2D eigenvalue weighted by Crippen LogP contribution is -2.40. The number of rotatable bonds is 4. The predicted molar refractivity (Wildman–Crippen MR) is 93.7 cm³/mol. The number of nitrogens with zero attached hydrogens (tertiary/aromatic N) is 2. The highest BCUT2D eigenvalue weighted by Crippen LogP contribution is 2.10. The number of hydrogen-bond donors (Lipinski definition) is 1. The molecule has 1 heterocycles. The minimum Gasteiger partial charge on any atom is -0.347 e. The van der Waals surface area contributed by atoms with Crippen LogP contribution in [0.4, 0.5) is 0 Å². The Kier molecular flexibility index (Phi) is 5.34. The molecular weight excluding hydrogens is 302 g/mol. The number of aromatic nitrogens is 1. The van der Waals surface area contributed by atoms with Crippen molar-refractivity contribution in [1.82, 2.24) is 15.2 Å². The lowest BCUT2D eigenvalue weighted by Gasteiger charge is -2.21. The third kappa shape index (κ3) is 4.91. The Hall–Kier alpha value is -2.69. The van der Waals surface area contributed by atoms with Crippen molar-refractivity contribution in [2.75, 3.05) is 7.05 Å². The summed E-state index contributed by atoms with van der Waals surface area (Å²) in [6, 6.07) is 12.9. The molecule has 0 bridgehead atoms. The zero-order valence-corrected chi connectivity index (χ0v) is 14.5. The van der Waals surface area contributed by atoms with Crippen LogP contribution in [0.3, 0.4) is 0 Å². The number of pyridine rings is 1. The van der Waals surface area contributed by atoms with E-state index in [1.54, 1.807) is 18.0 Å². The van der Waals surface area contributed by atoms with E-state index in [0.29, 0.717) is 12.1 Å². The van der Waals surface area contributed by atoms with E-state index in [4.69, 9.17) is 0 Å². The summed E-state index contributed by atoms with van der Waals surface area (Å²) in [7, 11) is 1.72. The van der Waals surface area contributed by atoms with E-state index in [0.717, 1.165) is 5.56 Å². The van der Waals surface area contributed by atoms with Crippen LogP contribution in [0, 0.1) is 0 Å². The number of hydrogen-bond acceptors (Lipinski definition) is 3. The van der Waals surface area contributed by atoms with Crippen LogP contribution in [0.1, 0.15) is 47.2 Å². The van der Waals surface area contributed by atoms with Gasteiger partial charge in [0.15, 0.2) is 0 Å². The first kappa shape index (κ1) is 17.7. The minimum atomic E-state index is -0.339. The molecular formula is C19H23N3O2. The molecule has 24 heavy (non-hydrogen) atoms. The zero-order chi connectivity index (χ0) is 17.7. The predicted octanol–water partition coefficient (Wildman–Crippen LogP) is 2.88. The van der Waals surface area contributed by atoms with E-state index >= 15 is 0 Å². The molecule has 0 spiro atoms. The van der Waals surface area contributed by atoms with Crippen LogP contribution in [0.15, 0.2) is 48.7 Å². The van der Waals surface area contributed by atoms with Gasteiger partial charge in [0.1, 0.15) is 5.69 Å². The molecule has 1 aromatic carbocycles. The molecule has 126 valence electrons. The molecule has 0 saturated carbocycles. The minimum absolute atomic E-state index is 0.218. The van der Waals surface area contributed by atoms with E-state index in [-0.39, 0.29) is 23.0 Å². The number of nitrogens with one attached hydrogen (secondary N) is 1. The second-order valence-corrected chi connectivity index (χ2v) is 6.78. The van der Waals surface area contributed by atoms with E-state index in [9.17, 15) is 9.59 Å². The van der Waals surface area contributed by atoms with E-state index in [1.807, 2.05) is 51.1 Å². The molecule has 1 N–H and O–H groups in total. The van der Waals surface area contributed by atoms with Gasteiger partial charge >= 0.3 is 0 Å². The van der Waals surface area contributed by atoms with Gasteiger partial charge in [-0.15, -0.1) is 0 Å². The second-order valence-electron chi connectivity index (χ2n) is 6.78. The van der Waals surface area contributed by atoms with Gasteiger partial charge in [-0.2, -0.15) is 0 Å². The average Bonchev–Trinajstić information content (AvgIpc) is 2.53. The standard InChI is InChI=1S/C19H23N3O2/c1-19(2,3)21-17(23)15-10-11-20-16(12-15)18(24)22(4)13-14-8-6-5-7-9-14/h5-12H,13H2,1-4H3,(H,21,23). The fourth-order valence-corrected chi connectivity index (χ4v) is 2.23. The molecule has 0 fully saturated rings. The summed E-state index contributed by atoms with van der Waals surface area (Å²) >= 11 is 0. The van der Waals surface area contributed by atoms with Crippen LogP contribution in [0.2, 0.25) is 0 Å². The fraction of sp³-hybridized carbons (Fsp3) is 0.316. The topological polar surface area (TPSA) is 62.3 Å². The summed E-state index contributed by atoms with van der Waals surface area (Å²) in [5.41, 5.74) is 1.38. The van der Waals surface area contributed by atoms with Crippen LogP contribution in [0.5, 0.6) is 0 Å². The molecule has 0 radical (unpaired) electrons. The SMILES string of the molecule is CN(Cc1ccccc1)C(=O)c1cc(C(=O)NC(C)(C)C)ccn1. The molecule has 0 aliphatic rings. The van der Waals surface area contributed by atoms with Crippen LogP contribution in [-0.4, -0.2) is 34.3 Å². The Morgan fingerprint density at radius 2 is 1.79 bits per heavy atom. The van der Waals surface area contributed by atoms with Gasteiger partial charge in [-0.1, -0.05) is 30.3 Å². The summed E-state index contributed by atoms with van der Waals surface area (Å²) < 4.78 is 0. The first-order chi connectivity index (χ1) is 11.3. The van der Waals surface area contributed by atoms with Crippen LogP contribution < -0.4 is 5.32 Å². The number of amides is 2. The van der Waals surface area contributed by atoms with Crippen molar-refractivity contribution in [1.29, 1.82) is 0 Å². The second kappa shape index (κ2) is 7.25. The van der Waals surface area contributed by atoms with Crippen LogP contribution >= 0.6 is 0 Å². The largest absolute Gasteiger partial charge is 0.347 e. The van der Waals surface area contributed by atoms with E-state index in [1.165, 1.54) is 12.3 Å². The van der Waals surface area contributed by atoms with Crippen molar-refractivity contribution >= 4 is 11.8 Å². The van der Waals surface area contributed by atoms with E-state index < -0.39 is 0 Å². The summed E-state index contributed by atoms with van der Waals surface area (Å²) in [4.78, 5) is 30.5. The van der Waals surface area contributed by atoms with Gasteiger partial charge in [0.25, 0.3) is 11.8 Å². The summed E-state index contributed by atoms with van der Waals surface area (Å²) in [5, 5.41) is 2.88. The molecule has 0 atom stereocenters. The molecule has 0 aliphatic carbocycles. The van der Waals surface area contributed by atoms with Gasteiger partial charge in [0.2, 0.25) is 0 Å². The highest BCUT2D eigenvalue weighted by atomic mass is 16.2. The highest BCUT2D eigenvalue weighted by Gasteiger charge is 2.18. The Morgan fingerprint density at radius 3 is 2.42 bits per heavy atom. The fourth-order valence-electron chi connectivity index (χ4n) is 2.23. The quantitative estimate of drug-likeness (QED) is 0.940. The molecule has 1 aromatic heterocycles. The molecule has 0 aliphatic heterocycles. The maximum absolute atomic E-state index is 12.5. The lowest BCUT2D eigenvalue weighted by molar-refractivity contribution is 0.0779. The molecule has 5 nitrogen and oxygen atoms in total. The number of carbonyl (C=O) groups excluding carboxylic acids is 2. The Bertz CT molecular complexity index is 721. The molecule has 5 heteroatoms. The van der Waals surface area contributed by atoms with Crippen molar-refractivity contribution in [3.8, 4) is 0 Å². The average molecular weight is 325 g/mol. The maximum atomic E-state index is 12.5. The van der Waals surface area contributed by atoms with Gasteiger partial charge in [-0.25, -0.2) is 0 Å². The monoisotopic (exact) mass is 325 g/mol. The van der Waals surface area contributed by atoms with Crippen molar-refractivity contribution in [3.63, 3.8) is 0 Å². The molecule has 2 aromatic rings. The van der Waals surface area contributed by atoms with Gasteiger partial charge in [-0.3, -0.25) is 14.6 Å². The Morgan fingerprint density at radius 1 is 1.12 bits per heavy atom. The van der Waals surface area contributed by atoms with Crippen molar-refractivity contribution in [2.45, 2.75) is 32.9 Å². The van der Waals surface area contributed by atoms with Gasteiger partial charge in [0.05, 0.1) is 0 Å². The number of carbonyl (C=O) groups is 2. The highest BCUT2D eigenvalue weighted by molar-refractivity contribution is 5.98. The Labute approximate surface area is 142 Å². The van der Waals surface area contributed by atoms with Crippen LogP contribution in [-0.2, 0) is 6.54 Å². The lowest BCUT2D eigenvalue weighted by atomic mass is 10.1. The van der Waals surface area contributed by atoms with Crippen molar-refractivity contribution in [3.05, 3.63) is 65.5 Å². The molecule has 0 saturated heterocycles. The first-order valence-electron chi connectivity index (χ1n) is 7.84. The zero-order valence-electron chi connectivity index (χ0n) is 14.5. The third-order valence-corrected chi connectivity index (χ3v) is 3.34. The van der Waals surface area contributed by atoms with Gasteiger partial charge in [-0.05, 0) is 38.5 Å². The summed E-state index contributed by atoms with van der Waals surface area (Å²) in [6.07, 6.45) is 1.49. The Balaban J connectivity index is 2.12. The molecule has 2 amide bonds. The third-order valence-electron chi connectivity index (χ3n) is 3.34. The van der Waals surface area contributed by atoms with E-state index in [2.05, 4.69) is 10.3 Å². The maximum Gasteiger partial charge on any atom is 0.272 e. The normalized spacial score (nSPS) is 11.0.